The largest absolute Gasteiger partial charge is 0.393 e. The molecule has 2 fully saturated rings. The van der Waals surface area contributed by atoms with Gasteiger partial charge in [0.25, 0.3) is 0 Å². The molecule has 0 aromatic carbocycles. The van der Waals surface area contributed by atoms with Crippen LogP contribution < -0.4 is 0 Å². The van der Waals surface area contributed by atoms with Gasteiger partial charge < -0.3 is 5.11 Å². The molecule has 2 rings (SSSR count). The molecule has 1 aliphatic heterocycles. The van der Waals surface area contributed by atoms with Crippen LogP contribution in [0.3, 0.4) is 0 Å². The van der Waals surface area contributed by atoms with Crippen molar-refractivity contribution in [1.82, 2.24) is 4.90 Å². The summed E-state index contributed by atoms with van der Waals surface area (Å²) in [6.45, 7) is 5.45. The van der Waals surface area contributed by atoms with Gasteiger partial charge in [0.05, 0.1) is 6.10 Å². The van der Waals surface area contributed by atoms with Gasteiger partial charge in [-0.25, -0.2) is 0 Å². The first-order chi connectivity index (χ1) is 7.18. The van der Waals surface area contributed by atoms with E-state index in [1.165, 1.54) is 38.6 Å². The normalized spacial score (nSPS) is 36.2. The Hall–Kier alpha value is -0.0800. The average Bonchev–Trinajstić information content (AvgIpc) is 2.63. The highest BCUT2D eigenvalue weighted by Gasteiger charge is 2.36. The number of fused-ring (bicyclic) bond motifs is 1. The summed E-state index contributed by atoms with van der Waals surface area (Å²) in [5.74, 6) is 0.968. The molecule has 2 aliphatic rings. The highest BCUT2D eigenvalue weighted by atomic mass is 16.3. The van der Waals surface area contributed by atoms with Crippen LogP contribution in [-0.2, 0) is 0 Å². The van der Waals surface area contributed by atoms with Crippen molar-refractivity contribution in [2.75, 3.05) is 6.54 Å². The van der Waals surface area contributed by atoms with E-state index >= 15 is 0 Å². The lowest BCUT2D eigenvalue weighted by Crippen LogP contribution is -2.48. The zero-order chi connectivity index (χ0) is 10.8. The summed E-state index contributed by atoms with van der Waals surface area (Å²) in [6.07, 6.45) is 7.86. The van der Waals surface area contributed by atoms with Crippen LogP contribution in [0.15, 0.2) is 0 Å². The molecule has 0 aromatic rings. The van der Waals surface area contributed by atoms with E-state index in [0.29, 0.717) is 6.04 Å². The Bertz CT molecular complexity index is 205. The molecule has 2 nitrogen and oxygen atoms in total. The summed E-state index contributed by atoms with van der Waals surface area (Å²) in [5.41, 5.74) is 0. The first-order valence-corrected chi connectivity index (χ1v) is 6.62. The quantitative estimate of drug-likeness (QED) is 0.775. The molecule has 1 heterocycles. The van der Waals surface area contributed by atoms with Crippen molar-refractivity contribution in [3.63, 3.8) is 0 Å². The topological polar surface area (TPSA) is 23.5 Å². The van der Waals surface area contributed by atoms with E-state index in [9.17, 15) is 5.11 Å². The number of aliphatic hydroxyl groups excluding tert-OH is 1. The summed E-state index contributed by atoms with van der Waals surface area (Å²) in [5, 5.41) is 9.47. The van der Waals surface area contributed by atoms with Crippen LogP contribution in [0.4, 0.5) is 0 Å². The van der Waals surface area contributed by atoms with Gasteiger partial charge in [-0.2, -0.15) is 0 Å². The summed E-state index contributed by atoms with van der Waals surface area (Å²) in [7, 11) is 0. The third kappa shape index (κ3) is 2.54. The predicted octanol–water partition coefficient (Wildman–Crippen LogP) is 2.41. The standard InChI is InChI=1S/C13H25NO/c1-10(9-11(2)15)14-8-4-6-12-5-3-7-13(12)14/h10-13,15H,3-9H2,1-2H3. The Balaban J connectivity index is 1.94. The second-order valence-corrected chi connectivity index (χ2v) is 5.57. The van der Waals surface area contributed by atoms with Crippen molar-refractivity contribution in [1.29, 1.82) is 0 Å². The molecule has 4 atom stereocenters. The second kappa shape index (κ2) is 4.84. The molecule has 0 aromatic heterocycles. The molecule has 1 N–H and O–H groups in total. The fourth-order valence-electron chi connectivity index (χ4n) is 3.67. The smallest absolute Gasteiger partial charge is 0.0526 e. The first-order valence-electron chi connectivity index (χ1n) is 6.62. The highest BCUT2D eigenvalue weighted by molar-refractivity contribution is 4.91. The van der Waals surface area contributed by atoms with Crippen LogP contribution in [0.1, 0.15) is 52.4 Å². The van der Waals surface area contributed by atoms with Crippen molar-refractivity contribution in [2.45, 2.75) is 70.6 Å². The van der Waals surface area contributed by atoms with Crippen LogP contribution in [0.5, 0.6) is 0 Å². The number of hydrogen-bond acceptors (Lipinski definition) is 2. The van der Waals surface area contributed by atoms with Crippen LogP contribution in [0.2, 0.25) is 0 Å². The second-order valence-electron chi connectivity index (χ2n) is 5.57. The van der Waals surface area contributed by atoms with Gasteiger partial charge >= 0.3 is 0 Å². The van der Waals surface area contributed by atoms with E-state index in [0.717, 1.165) is 18.4 Å². The summed E-state index contributed by atoms with van der Waals surface area (Å²) < 4.78 is 0. The van der Waals surface area contributed by atoms with E-state index < -0.39 is 0 Å². The number of piperidine rings is 1. The zero-order valence-electron chi connectivity index (χ0n) is 10.2. The van der Waals surface area contributed by atoms with Gasteiger partial charge in [-0.3, -0.25) is 4.90 Å². The minimum Gasteiger partial charge on any atom is -0.393 e. The molecule has 0 bridgehead atoms. The molecule has 1 saturated carbocycles. The van der Waals surface area contributed by atoms with Crippen molar-refractivity contribution in [3.05, 3.63) is 0 Å². The molecule has 15 heavy (non-hydrogen) atoms. The molecule has 0 spiro atoms. The lowest BCUT2D eigenvalue weighted by atomic mass is 9.90. The van der Waals surface area contributed by atoms with E-state index in [2.05, 4.69) is 11.8 Å². The molecular formula is C13H25NO. The van der Waals surface area contributed by atoms with Gasteiger partial charge in [-0.15, -0.1) is 0 Å². The SMILES string of the molecule is CC(O)CC(C)N1CCCC2CCCC21. The third-order valence-electron chi connectivity index (χ3n) is 4.28. The van der Waals surface area contributed by atoms with Crippen molar-refractivity contribution in [2.24, 2.45) is 5.92 Å². The lowest BCUT2D eigenvalue weighted by molar-refractivity contribution is 0.0478. The molecule has 4 unspecified atom stereocenters. The average molecular weight is 211 g/mol. The Morgan fingerprint density at radius 2 is 1.93 bits per heavy atom. The molecule has 1 aliphatic carbocycles. The Kier molecular flexibility index (Phi) is 3.68. The fourth-order valence-corrected chi connectivity index (χ4v) is 3.67. The number of aliphatic hydroxyl groups is 1. The first kappa shape index (κ1) is 11.4. The minimum absolute atomic E-state index is 0.151. The molecule has 0 amide bonds. The molecule has 1 saturated heterocycles. The maximum absolute atomic E-state index is 9.47. The van der Waals surface area contributed by atoms with Crippen molar-refractivity contribution in [3.8, 4) is 0 Å². The van der Waals surface area contributed by atoms with Crippen molar-refractivity contribution < 1.29 is 5.11 Å². The molecular weight excluding hydrogens is 186 g/mol. The van der Waals surface area contributed by atoms with Gasteiger partial charge in [0.1, 0.15) is 0 Å². The predicted molar refractivity (Wildman–Crippen MR) is 62.8 cm³/mol. The van der Waals surface area contributed by atoms with Crippen LogP contribution >= 0.6 is 0 Å². The van der Waals surface area contributed by atoms with Gasteiger partial charge in [0.2, 0.25) is 0 Å². The van der Waals surface area contributed by atoms with Gasteiger partial charge in [-0.05, 0) is 58.4 Å². The van der Waals surface area contributed by atoms with Crippen LogP contribution in [0.25, 0.3) is 0 Å². The summed E-state index contributed by atoms with van der Waals surface area (Å²) in [4.78, 5) is 2.67. The van der Waals surface area contributed by atoms with E-state index in [-0.39, 0.29) is 6.10 Å². The number of nitrogens with zero attached hydrogens (tertiary/aromatic N) is 1. The number of likely N-dealkylation sites (tertiary alicyclic amines) is 1. The molecule has 2 heteroatoms. The van der Waals surface area contributed by atoms with E-state index in [4.69, 9.17) is 0 Å². The number of rotatable bonds is 3. The molecule has 0 radical (unpaired) electrons. The Labute approximate surface area is 93.7 Å². The van der Waals surface area contributed by atoms with Gasteiger partial charge in [-0.1, -0.05) is 6.42 Å². The maximum Gasteiger partial charge on any atom is 0.0526 e. The number of hydrogen-bond donors (Lipinski definition) is 1. The summed E-state index contributed by atoms with van der Waals surface area (Å²) in [6, 6.07) is 1.41. The van der Waals surface area contributed by atoms with E-state index in [1.54, 1.807) is 0 Å². The third-order valence-corrected chi connectivity index (χ3v) is 4.28. The van der Waals surface area contributed by atoms with Crippen LogP contribution in [0, 0.1) is 5.92 Å². The van der Waals surface area contributed by atoms with Gasteiger partial charge in [0.15, 0.2) is 0 Å². The van der Waals surface area contributed by atoms with Gasteiger partial charge in [0, 0.05) is 12.1 Å². The minimum atomic E-state index is -0.151. The lowest BCUT2D eigenvalue weighted by Gasteiger charge is -2.42. The Morgan fingerprint density at radius 3 is 2.67 bits per heavy atom. The Morgan fingerprint density at radius 1 is 1.20 bits per heavy atom. The zero-order valence-corrected chi connectivity index (χ0v) is 10.2. The van der Waals surface area contributed by atoms with E-state index in [1.807, 2.05) is 6.92 Å². The van der Waals surface area contributed by atoms with Crippen molar-refractivity contribution >= 4 is 0 Å². The summed E-state index contributed by atoms with van der Waals surface area (Å²) >= 11 is 0. The monoisotopic (exact) mass is 211 g/mol. The van der Waals surface area contributed by atoms with Crippen LogP contribution in [-0.4, -0.2) is 34.7 Å². The highest BCUT2D eigenvalue weighted by Crippen LogP contribution is 2.38. The molecule has 88 valence electrons. The maximum atomic E-state index is 9.47. The fraction of sp³-hybridized carbons (Fsp3) is 1.00.